The first-order chi connectivity index (χ1) is 7.46. The summed E-state index contributed by atoms with van der Waals surface area (Å²) < 4.78 is 0. The van der Waals surface area contributed by atoms with Crippen LogP contribution in [0.25, 0.3) is 0 Å². The van der Waals surface area contributed by atoms with E-state index in [1.165, 1.54) is 19.3 Å². The van der Waals surface area contributed by atoms with Crippen molar-refractivity contribution in [3.05, 3.63) is 23.3 Å². The molecule has 1 rings (SSSR count). The molecule has 0 fully saturated rings. The Balaban J connectivity index is 3.30. The van der Waals surface area contributed by atoms with Gasteiger partial charge in [-0.05, 0) is 55.9 Å². The maximum absolute atomic E-state index is 2.39. The normalized spacial score (nSPS) is 21.5. The quantitative estimate of drug-likeness (QED) is 0.600. The van der Waals surface area contributed by atoms with Crippen molar-refractivity contribution in [2.45, 2.75) is 60.8 Å². The lowest BCUT2D eigenvalue weighted by atomic mass is 9.58. The van der Waals surface area contributed by atoms with Gasteiger partial charge in [0.25, 0.3) is 0 Å². The molecule has 0 atom stereocenters. The summed E-state index contributed by atoms with van der Waals surface area (Å²) in [5.41, 5.74) is 3.66. The Hall–Kier alpha value is -0.520. The van der Waals surface area contributed by atoms with E-state index in [0.29, 0.717) is 5.41 Å². The molecule has 0 saturated heterocycles. The Kier molecular flexibility index (Phi) is 4.41. The zero-order valence-corrected chi connectivity index (χ0v) is 11.9. The van der Waals surface area contributed by atoms with Gasteiger partial charge >= 0.3 is 0 Å². The Morgan fingerprint density at radius 2 is 1.69 bits per heavy atom. The van der Waals surface area contributed by atoms with Crippen molar-refractivity contribution in [3.63, 3.8) is 0 Å². The fourth-order valence-corrected chi connectivity index (χ4v) is 3.64. The summed E-state index contributed by atoms with van der Waals surface area (Å²) in [6, 6.07) is 0. The van der Waals surface area contributed by atoms with Crippen LogP contribution in [0.2, 0.25) is 0 Å². The summed E-state index contributed by atoms with van der Waals surface area (Å²) in [4.78, 5) is 0. The topological polar surface area (TPSA) is 0 Å². The van der Waals surface area contributed by atoms with Gasteiger partial charge in [0.05, 0.1) is 0 Å². The first-order valence-corrected chi connectivity index (χ1v) is 6.79. The average molecular weight is 220 g/mol. The van der Waals surface area contributed by atoms with E-state index in [1.54, 1.807) is 11.1 Å². The standard InChI is InChI=1S/C16H28/c1-7-9-15-14(6)10-8-11-16(15,12(2)3)13(4)5/h7,9,12-13H,8,10-11H2,1-6H3/b9-7-. The van der Waals surface area contributed by atoms with Crippen molar-refractivity contribution in [1.82, 2.24) is 0 Å². The first kappa shape index (κ1) is 13.5. The lowest BCUT2D eigenvalue weighted by molar-refractivity contribution is 0.137. The second-order valence-corrected chi connectivity index (χ2v) is 5.90. The highest BCUT2D eigenvalue weighted by Gasteiger charge is 2.41. The molecule has 0 amide bonds. The smallest absolute Gasteiger partial charge is 0.000161 e. The third-order valence-electron chi connectivity index (χ3n) is 4.50. The van der Waals surface area contributed by atoms with Crippen molar-refractivity contribution in [1.29, 1.82) is 0 Å². The highest BCUT2D eigenvalue weighted by Crippen LogP contribution is 2.51. The lowest BCUT2D eigenvalue weighted by Gasteiger charge is -2.46. The molecule has 0 bridgehead atoms. The molecule has 0 aromatic carbocycles. The number of rotatable bonds is 3. The van der Waals surface area contributed by atoms with Crippen LogP contribution in [-0.2, 0) is 0 Å². The highest BCUT2D eigenvalue weighted by molar-refractivity contribution is 5.35. The van der Waals surface area contributed by atoms with Crippen LogP contribution < -0.4 is 0 Å². The number of hydrogen-bond donors (Lipinski definition) is 0. The molecule has 0 saturated carbocycles. The van der Waals surface area contributed by atoms with E-state index in [9.17, 15) is 0 Å². The summed E-state index contributed by atoms with van der Waals surface area (Å²) >= 11 is 0. The molecule has 0 radical (unpaired) electrons. The van der Waals surface area contributed by atoms with Crippen LogP contribution in [0, 0.1) is 17.3 Å². The van der Waals surface area contributed by atoms with E-state index < -0.39 is 0 Å². The molecule has 0 aromatic rings. The van der Waals surface area contributed by atoms with Crippen LogP contribution in [0.4, 0.5) is 0 Å². The summed E-state index contributed by atoms with van der Waals surface area (Å²) in [5, 5.41) is 0. The number of hydrogen-bond acceptors (Lipinski definition) is 0. The maximum atomic E-state index is 2.39. The Labute approximate surface area is 102 Å². The van der Waals surface area contributed by atoms with Crippen LogP contribution in [0.15, 0.2) is 23.3 Å². The molecule has 16 heavy (non-hydrogen) atoms. The van der Waals surface area contributed by atoms with Crippen molar-refractivity contribution >= 4 is 0 Å². The van der Waals surface area contributed by atoms with Gasteiger partial charge in [-0.25, -0.2) is 0 Å². The largest absolute Gasteiger partial charge is 0.0874 e. The third kappa shape index (κ3) is 2.12. The van der Waals surface area contributed by atoms with Crippen LogP contribution in [0.5, 0.6) is 0 Å². The zero-order chi connectivity index (χ0) is 12.3. The fourth-order valence-electron chi connectivity index (χ4n) is 3.64. The maximum Gasteiger partial charge on any atom is -0.000161 e. The summed E-state index contributed by atoms with van der Waals surface area (Å²) in [6.45, 7) is 14.0. The van der Waals surface area contributed by atoms with Gasteiger partial charge in [-0.15, -0.1) is 0 Å². The molecule has 1 aliphatic carbocycles. The van der Waals surface area contributed by atoms with Crippen molar-refractivity contribution in [2.24, 2.45) is 17.3 Å². The van der Waals surface area contributed by atoms with Crippen molar-refractivity contribution in [2.75, 3.05) is 0 Å². The van der Waals surface area contributed by atoms with Crippen molar-refractivity contribution in [3.8, 4) is 0 Å². The van der Waals surface area contributed by atoms with Crippen LogP contribution in [0.1, 0.15) is 60.8 Å². The van der Waals surface area contributed by atoms with Gasteiger partial charge in [0, 0.05) is 0 Å². The molecule has 0 nitrogen and oxygen atoms in total. The van der Waals surface area contributed by atoms with Gasteiger partial charge in [-0.1, -0.05) is 45.4 Å². The van der Waals surface area contributed by atoms with Crippen LogP contribution >= 0.6 is 0 Å². The zero-order valence-electron chi connectivity index (χ0n) is 11.9. The Bertz CT molecular complexity index is 281. The van der Waals surface area contributed by atoms with Gasteiger partial charge < -0.3 is 0 Å². The minimum atomic E-state index is 0.412. The average Bonchev–Trinajstić information content (AvgIpc) is 2.20. The second-order valence-electron chi connectivity index (χ2n) is 5.90. The molecule has 92 valence electrons. The van der Waals surface area contributed by atoms with E-state index in [0.717, 1.165) is 11.8 Å². The Morgan fingerprint density at radius 1 is 1.12 bits per heavy atom. The fraction of sp³-hybridized carbons (Fsp3) is 0.750. The van der Waals surface area contributed by atoms with Gasteiger partial charge in [-0.3, -0.25) is 0 Å². The molecule has 0 spiro atoms. The number of allylic oxidation sites excluding steroid dienone is 4. The molecule has 0 aromatic heterocycles. The van der Waals surface area contributed by atoms with Gasteiger partial charge in [-0.2, -0.15) is 0 Å². The second kappa shape index (κ2) is 5.21. The molecule has 0 unspecified atom stereocenters. The monoisotopic (exact) mass is 220 g/mol. The third-order valence-corrected chi connectivity index (χ3v) is 4.50. The molecule has 0 N–H and O–H groups in total. The molecule has 0 aliphatic heterocycles. The van der Waals surface area contributed by atoms with Crippen LogP contribution in [-0.4, -0.2) is 0 Å². The molecule has 0 heterocycles. The van der Waals surface area contributed by atoms with E-state index in [1.807, 2.05) is 0 Å². The SMILES string of the molecule is C/C=C\C1=C(C)CCCC1(C(C)C)C(C)C. The van der Waals surface area contributed by atoms with E-state index >= 15 is 0 Å². The predicted molar refractivity (Wildman–Crippen MR) is 73.5 cm³/mol. The highest BCUT2D eigenvalue weighted by atomic mass is 14.5. The van der Waals surface area contributed by atoms with E-state index in [4.69, 9.17) is 0 Å². The van der Waals surface area contributed by atoms with Gasteiger partial charge in [0.15, 0.2) is 0 Å². The molecule has 0 heteroatoms. The summed E-state index contributed by atoms with van der Waals surface area (Å²) in [6.07, 6.45) is 8.60. The van der Waals surface area contributed by atoms with Gasteiger partial charge in [0.2, 0.25) is 0 Å². The van der Waals surface area contributed by atoms with Crippen LogP contribution in [0.3, 0.4) is 0 Å². The predicted octanol–water partition coefficient (Wildman–Crippen LogP) is 5.36. The minimum absolute atomic E-state index is 0.412. The molecule has 1 aliphatic rings. The molecular formula is C16H28. The minimum Gasteiger partial charge on any atom is -0.0874 e. The van der Waals surface area contributed by atoms with Gasteiger partial charge in [0.1, 0.15) is 0 Å². The first-order valence-electron chi connectivity index (χ1n) is 6.79. The Morgan fingerprint density at radius 3 is 2.12 bits per heavy atom. The lowest BCUT2D eigenvalue weighted by Crippen LogP contribution is -2.37. The molecular weight excluding hydrogens is 192 g/mol. The van der Waals surface area contributed by atoms with E-state index in [-0.39, 0.29) is 0 Å². The summed E-state index contributed by atoms with van der Waals surface area (Å²) in [5.74, 6) is 1.46. The van der Waals surface area contributed by atoms with Crippen molar-refractivity contribution < 1.29 is 0 Å². The summed E-state index contributed by atoms with van der Waals surface area (Å²) in [7, 11) is 0. The van der Waals surface area contributed by atoms with E-state index in [2.05, 4.69) is 53.7 Å².